The number of rotatable bonds is 5. The molecular formula is C12H24N2O2. The Balaban J connectivity index is 2.46. The van der Waals surface area contributed by atoms with Crippen molar-refractivity contribution in [3.8, 4) is 0 Å². The molecule has 1 N–H and O–H groups in total. The third-order valence-corrected chi connectivity index (χ3v) is 3.22. The van der Waals surface area contributed by atoms with Crippen molar-refractivity contribution in [1.82, 2.24) is 10.2 Å². The van der Waals surface area contributed by atoms with E-state index in [-0.39, 0.29) is 11.9 Å². The minimum absolute atomic E-state index is 0.0144. The molecule has 0 aromatic carbocycles. The van der Waals surface area contributed by atoms with Gasteiger partial charge in [-0.2, -0.15) is 0 Å². The SMILES string of the molecule is CCN(CCOC)C(=O)C1CC(C)CCN1. The third kappa shape index (κ3) is 3.76. The maximum absolute atomic E-state index is 12.2. The van der Waals surface area contributed by atoms with Crippen molar-refractivity contribution in [3.05, 3.63) is 0 Å². The number of ether oxygens (including phenoxy) is 1. The number of amides is 1. The normalized spacial score (nSPS) is 25.4. The van der Waals surface area contributed by atoms with Crippen molar-refractivity contribution in [2.24, 2.45) is 5.92 Å². The Labute approximate surface area is 98.3 Å². The lowest BCUT2D eigenvalue weighted by atomic mass is 9.93. The molecule has 0 saturated carbocycles. The molecule has 0 bridgehead atoms. The second-order valence-corrected chi connectivity index (χ2v) is 4.55. The van der Waals surface area contributed by atoms with Crippen LogP contribution in [0.3, 0.4) is 0 Å². The summed E-state index contributed by atoms with van der Waals surface area (Å²) in [6.45, 7) is 7.25. The fraction of sp³-hybridized carbons (Fsp3) is 0.917. The monoisotopic (exact) mass is 228 g/mol. The molecule has 4 heteroatoms. The molecule has 2 atom stereocenters. The molecule has 1 amide bonds. The number of carbonyl (C=O) groups is 1. The number of nitrogens with zero attached hydrogens (tertiary/aromatic N) is 1. The highest BCUT2D eigenvalue weighted by molar-refractivity contribution is 5.82. The molecule has 1 heterocycles. The summed E-state index contributed by atoms with van der Waals surface area (Å²) >= 11 is 0. The first-order valence-electron chi connectivity index (χ1n) is 6.20. The van der Waals surface area contributed by atoms with Crippen LogP contribution < -0.4 is 5.32 Å². The average Bonchev–Trinajstić information content (AvgIpc) is 2.29. The van der Waals surface area contributed by atoms with Crippen LogP contribution in [0.1, 0.15) is 26.7 Å². The van der Waals surface area contributed by atoms with Gasteiger partial charge < -0.3 is 15.0 Å². The molecule has 94 valence electrons. The van der Waals surface area contributed by atoms with Crippen LogP contribution in [0.15, 0.2) is 0 Å². The molecule has 2 unspecified atom stereocenters. The summed E-state index contributed by atoms with van der Waals surface area (Å²) in [5.74, 6) is 0.877. The van der Waals surface area contributed by atoms with Crippen molar-refractivity contribution in [2.75, 3.05) is 33.4 Å². The first-order valence-corrected chi connectivity index (χ1v) is 6.20. The topological polar surface area (TPSA) is 41.6 Å². The van der Waals surface area contributed by atoms with Gasteiger partial charge in [-0.3, -0.25) is 4.79 Å². The fourth-order valence-electron chi connectivity index (χ4n) is 2.14. The molecule has 1 aliphatic heterocycles. The number of hydrogen-bond acceptors (Lipinski definition) is 3. The summed E-state index contributed by atoms with van der Waals surface area (Å²) in [5, 5.41) is 3.31. The molecule has 1 fully saturated rings. The van der Waals surface area contributed by atoms with Crippen LogP contribution in [0, 0.1) is 5.92 Å². The van der Waals surface area contributed by atoms with E-state index in [1.165, 1.54) is 6.42 Å². The molecule has 0 spiro atoms. The number of methoxy groups -OCH3 is 1. The van der Waals surface area contributed by atoms with Crippen LogP contribution in [-0.4, -0.2) is 50.2 Å². The molecule has 1 aliphatic rings. The minimum atomic E-state index is 0.0144. The highest BCUT2D eigenvalue weighted by atomic mass is 16.5. The summed E-state index contributed by atoms with van der Waals surface area (Å²) in [6.07, 6.45) is 2.14. The van der Waals surface area contributed by atoms with Gasteiger partial charge in [-0.05, 0) is 32.2 Å². The predicted octanol–water partition coefficient (Wildman–Crippen LogP) is 0.869. The molecule has 0 aromatic heterocycles. The van der Waals surface area contributed by atoms with Gasteiger partial charge in [0, 0.05) is 20.2 Å². The van der Waals surface area contributed by atoms with E-state index in [9.17, 15) is 4.79 Å². The molecular weight excluding hydrogens is 204 g/mol. The van der Waals surface area contributed by atoms with Gasteiger partial charge in [-0.15, -0.1) is 0 Å². The van der Waals surface area contributed by atoms with Crippen LogP contribution in [0.4, 0.5) is 0 Å². The fourth-order valence-corrected chi connectivity index (χ4v) is 2.14. The van der Waals surface area contributed by atoms with E-state index in [4.69, 9.17) is 4.74 Å². The molecule has 0 aliphatic carbocycles. The Kier molecular flexibility index (Phi) is 5.77. The summed E-state index contributed by atoms with van der Waals surface area (Å²) in [6, 6.07) is 0.0144. The summed E-state index contributed by atoms with van der Waals surface area (Å²) in [5.41, 5.74) is 0. The summed E-state index contributed by atoms with van der Waals surface area (Å²) in [7, 11) is 1.67. The van der Waals surface area contributed by atoms with Crippen molar-refractivity contribution >= 4 is 5.91 Å². The highest BCUT2D eigenvalue weighted by Gasteiger charge is 2.27. The van der Waals surface area contributed by atoms with Crippen LogP contribution in [-0.2, 0) is 9.53 Å². The third-order valence-electron chi connectivity index (χ3n) is 3.22. The maximum Gasteiger partial charge on any atom is 0.239 e. The lowest BCUT2D eigenvalue weighted by Gasteiger charge is -2.31. The van der Waals surface area contributed by atoms with Crippen molar-refractivity contribution in [3.63, 3.8) is 0 Å². The smallest absolute Gasteiger partial charge is 0.239 e. The molecule has 0 radical (unpaired) electrons. The minimum Gasteiger partial charge on any atom is -0.383 e. The Morgan fingerprint density at radius 2 is 2.31 bits per heavy atom. The molecule has 0 aromatic rings. The number of likely N-dealkylation sites (N-methyl/N-ethyl adjacent to an activating group) is 1. The first kappa shape index (κ1) is 13.5. The van der Waals surface area contributed by atoms with Gasteiger partial charge in [0.2, 0.25) is 5.91 Å². The zero-order chi connectivity index (χ0) is 12.0. The van der Waals surface area contributed by atoms with Gasteiger partial charge in [-0.25, -0.2) is 0 Å². The van der Waals surface area contributed by atoms with Crippen LogP contribution in [0.2, 0.25) is 0 Å². The largest absolute Gasteiger partial charge is 0.383 e. The maximum atomic E-state index is 12.2. The van der Waals surface area contributed by atoms with E-state index in [1.54, 1.807) is 7.11 Å². The summed E-state index contributed by atoms with van der Waals surface area (Å²) in [4.78, 5) is 14.1. The van der Waals surface area contributed by atoms with E-state index >= 15 is 0 Å². The zero-order valence-corrected chi connectivity index (χ0v) is 10.7. The molecule has 4 nitrogen and oxygen atoms in total. The van der Waals surface area contributed by atoms with Gasteiger partial charge in [0.1, 0.15) is 0 Å². The van der Waals surface area contributed by atoms with E-state index in [0.717, 1.165) is 19.5 Å². The quantitative estimate of drug-likeness (QED) is 0.759. The number of carbonyl (C=O) groups excluding carboxylic acids is 1. The summed E-state index contributed by atoms with van der Waals surface area (Å²) < 4.78 is 5.02. The second kappa shape index (κ2) is 6.86. The molecule has 1 rings (SSSR count). The van der Waals surface area contributed by atoms with Gasteiger partial charge >= 0.3 is 0 Å². The second-order valence-electron chi connectivity index (χ2n) is 4.55. The zero-order valence-electron chi connectivity index (χ0n) is 10.7. The molecule has 1 saturated heterocycles. The number of piperidine rings is 1. The number of hydrogen-bond donors (Lipinski definition) is 1. The van der Waals surface area contributed by atoms with Gasteiger partial charge in [0.15, 0.2) is 0 Å². The lowest BCUT2D eigenvalue weighted by Crippen LogP contribution is -2.50. The van der Waals surface area contributed by atoms with Crippen LogP contribution in [0.25, 0.3) is 0 Å². The van der Waals surface area contributed by atoms with Gasteiger partial charge in [0.25, 0.3) is 0 Å². The molecule has 16 heavy (non-hydrogen) atoms. The Morgan fingerprint density at radius 3 is 2.88 bits per heavy atom. The van der Waals surface area contributed by atoms with Crippen LogP contribution >= 0.6 is 0 Å². The van der Waals surface area contributed by atoms with Crippen molar-refractivity contribution in [1.29, 1.82) is 0 Å². The van der Waals surface area contributed by atoms with Crippen LogP contribution in [0.5, 0.6) is 0 Å². The van der Waals surface area contributed by atoms with E-state index < -0.39 is 0 Å². The average molecular weight is 228 g/mol. The lowest BCUT2D eigenvalue weighted by molar-refractivity contribution is -0.134. The van der Waals surface area contributed by atoms with E-state index in [0.29, 0.717) is 19.1 Å². The predicted molar refractivity (Wildman–Crippen MR) is 64.3 cm³/mol. The Bertz CT molecular complexity index is 221. The number of nitrogens with one attached hydrogen (secondary N) is 1. The van der Waals surface area contributed by atoms with Crippen molar-refractivity contribution in [2.45, 2.75) is 32.7 Å². The van der Waals surface area contributed by atoms with E-state index in [2.05, 4.69) is 12.2 Å². The Hall–Kier alpha value is -0.610. The van der Waals surface area contributed by atoms with Gasteiger partial charge in [-0.1, -0.05) is 6.92 Å². The highest BCUT2D eigenvalue weighted by Crippen LogP contribution is 2.16. The first-order chi connectivity index (χ1) is 7.69. The Morgan fingerprint density at radius 1 is 1.56 bits per heavy atom. The van der Waals surface area contributed by atoms with E-state index in [1.807, 2.05) is 11.8 Å². The van der Waals surface area contributed by atoms with Gasteiger partial charge in [0.05, 0.1) is 12.6 Å². The standard InChI is InChI=1S/C12H24N2O2/c1-4-14(7-8-16-3)12(15)11-9-10(2)5-6-13-11/h10-11,13H,4-9H2,1-3H3. The van der Waals surface area contributed by atoms with Crippen molar-refractivity contribution < 1.29 is 9.53 Å².